The molecule has 0 saturated carbocycles. The lowest BCUT2D eigenvalue weighted by atomic mass is 10.1. The van der Waals surface area contributed by atoms with Crippen molar-refractivity contribution >= 4 is 50.0 Å². The van der Waals surface area contributed by atoms with Crippen LogP contribution in [0.5, 0.6) is 0 Å². The topological polar surface area (TPSA) is 66.8 Å². The van der Waals surface area contributed by atoms with E-state index in [1.807, 2.05) is 0 Å². The van der Waals surface area contributed by atoms with E-state index in [-0.39, 0.29) is 40.9 Å². The Morgan fingerprint density at radius 2 is 1.82 bits per heavy atom. The van der Waals surface area contributed by atoms with E-state index >= 15 is 0 Å². The highest BCUT2D eigenvalue weighted by Crippen LogP contribution is 2.41. The van der Waals surface area contributed by atoms with Gasteiger partial charge in [0.1, 0.15) is 5.82 Å². The second kappa shape index (κ2) is 7.50. The molecule has 5 nitrogen and oxygen atoms in total. The van der Waals surface area contributed by atoms with Crippen molar-refractivity contribution in [2.24, 2.45) is 4.99 Å². The lowest BCUT2D eigenvalue weighted by Gasteiger charge is -2.24. The molecule has 4 rings (SSSR count). The lowest BCUT2D eigenvalue weighted by Crippen LogP contribution is -2.37. The fourth-order valence-corrected chi connectivity index (χ4v) is 7.45. The Labute approximate surface area is 171 Å². The number of sulfone groups is 1. The van der Waals surface area contributed by atoms with Crippen molar-refractivity contribution < 1.29 is 17.6 Å². The van der Waals surface area contributed by atoms with E-state index < -0.39 is 9.84 Å². The van der Waals surface area contributed by atoms with Crippen molar-refractivity contribution in [3.8, 4) is 0 Å². The molecular formula is C19H16ClFN2O3S2. The zero-order valence-electron chi connectivity index (χ0n) is 14.6. The Balaban J connectivity index is 1.62. The van der Waals surface area contributed by atoms with Gasteiger partial charge in [-0.1, -0.05) is 35.5 Å². The minimum Gasteiger partial charge on any atom is -0.316 e. The largest absolute Gasteiger partial charge is 0.316 e. The molecule has 0 aliphatic carbocycles. The molecule has 0 aromatic heterocycles. The van der Waals surface area contributed by atoms with Gasteiger partial charge in [-0.25, -0.2) is 12.8 Å². The molecule has 0 spiro atoms. The number of amidine groups is 1. The lowest BCUT2D eigenvalue weighted by molar-refractivity contribution is -0.117. The number of benzene rings is 2. The average molecular weight is 439 g/mol. The molecule has 2 heterocycles. The molecule has 9 heteroatoms. The minimum atomic E-state index is -3.15. The van der Waals surface area contributed by atoms with Gasteiger partial charge < -0.3 is 4.90 Å². The van der Waals surface area contributed by atoms with Crippen LogP contribution in [0.4, 0.5) is 10.1 Å². The van der Waals surface area contributed by atoms with Crippen LogP contribution >= 0.6 is 23.4 Å². The summed E-state index contributed by atoms with van der Waals surface area (Å²) in [5.74, 6) is -0.681. The van der Waals surface area contributed by atoms with Gasteiger partial charge >= 0.3 is 0 Å². The maximum absolute atomic E-state index is 13.3. The van der Waals surface area contributed by atoms with Crippen LogP contribution in [0.2, 0.25) is 5.02 Å². The Hall–Kier alpha value is -1.90. The van der Waals surface area contributed by atoms with Crippen molar-refractivity contribution in [3.63, 3.8) is 0 Å². The molecule has 1 amide bonds. The first kappa shape index (κ1) is 19.4. The molecule has 28 heavy (non-hydrogen) atoms. The zero-order valence-corrected chi connectivity index (χ0v) is 17.0. The van der Waals surface area contributed by atoms with Gasteiger partial charge in [0.05, 0.1) is 24.0 Å². The molecule has 0 radical (unpaired) electrons. The number of fused-ring (bicyclic) bond motifs is 1. The quantitative estimate of drug-likeness (QED) is 0.735. The van der Waals surface area contributed by atoms with Crippen LogP contribution in [0.3, 0.4) is 0 Å². The molecule has 2 unspecified atom stereocenters. The third-order valence-corrected chi connectivity index (χ3v) is 8.12. The second-order valence-corrected chi connectivity index (χ2v) is 10.5. The van der Waals surface area contributed by atoms with Crippen molar-refractivity contribution in [2.45, 2.75) is 17.7 Å². The van der Waals surface area contributed by atoms with E-state index in [0.717, 1.165) is 5.56 Å². The third-order valence-electron chi connectivity index (χ3n) is 4.66. The number of carbonyl (C=O) groups excluding carboxylic acids is 1. The zero-order chi connectivity index (χ0) is 19.9. The summed E-state index contributed by atoms with van der Waals surface area (Å²) in [7, 11) is -3.15. The number of rotatable bonds is 3. The molecule has 0 N–H and O–H groups in total. The SMILES string of the molecule is O=C(Cc1ccc(Cl)cc1)N=C1SC2CS(=O)(=O)CC2N1c1ccc(F)cc1. The third kappa shape index (κ3) is 4.09. The summed E-state index contributed by atoms with van der Waals surface area (Å²) >= 11 is 7.16. The Morgan fingerprint density at radius 3 is 2.50 bits per heavy atom. The molecule has 2 fully saturated rings. The maximum atomic E-state index is 13.3. The molecule has 2 atom stereocenters. The van der Waals surface area contributed by atoms with Crippen molar-refractivity contribution in [1.82, 2.24) is 0 Å². The number of halogens is 2. The molecule has 2 aromatic carbocycles. The smallest absolute Gasteiger partial charge is 0.252 e. The van der Waals surface area contributed by atoms with Gasteiger partial charge in [0.15, 0.2) is 15.0 Å². The van der Waals surface area contributed by atoms with E-state index in [4.69, 9.17) is 11.6 Å². The summed E-state index contributed by atoms with van der Waals surface area (Å²) in [5.41, 5.74) is 1.41. The van der Waals surface area contributed by atoms with Crippen LogP contribution in [0.25, 0.3) is 0 Å². The Bertz CT molecular complexity index is 1040. The summed E-state index contributed by atoms with van der Waals surface area (Å²) in [6.45, 7) is 0. The molecular weight excluding hydrogens is 423 g/mol. The first-order chi connectivity index (χ1) is 13.3. The first-order valence-electron chi connectivity index (χ1n) is 8.58. The van der Waals surface area contributed by atoms with Gasteiger partial charge in [-0.05, 0) is 42.0 Å². The highest BCUT2D eigenvalue weighted by atomic mass is 35.5. The predicted octanol–water partition coefficient (Wildman–Crippen LogP) is 3.32. The van der Waals surface area contributed by atoms with Crippen molar-refractivity contribution in [2.75, 3.05) is 16.4 Å². The standard InChI is InChI=1S/C19H16ClFN2O3S2/c20-13-3-1-12(2-4-13)9-18(24)22-19-23(15-7-5-14(21)6-8-15)16-10-28(25,26)11-17(16)27-19/h1-8,16-17H,9-11H2. The molecule has 2 aliphatic heterocycles. The fraction of sp³-hybridized carbons (Fsp3) is 0.263. The number of hydrogen-bond acceptors (Lipinski definition) is 4. The summed E-state index contributed by atoms with van der Waals surface area (Å²) in [6.07, 6.45) is 0.117. The number of thioether (sulfide) groups is 1. The van der Waals surface area contributed by atoms with Gasteiger partial charge in [0, 0.05) is 16.0 Å². The van der Waals surface area contributed by atoms with Gasteiger partial charge in [0.25, 0.3) is 5.91 Å². The van der Waals surface area contributed by atoms with Crippen LogP contribution in [0, 0.1) is 5.82 Å². The molecule has 0 bridgehead atoms. The van der Waals surface area contributed by atoms with Gasteiger partial charge in [-0.2, -0.15) is 4.99 Å². The minimum absolute atomic E-state index is 0.00750. The summed E-state index contributed by atoms with van der Waals surface area (Å²) in [4.78, 5) is 18.5. The summed E-state index contributed by atoms with van der Waals surface area (Å²) in [5, 5.41) is 0.845. The highest BCUT2D eigenvalue weighted by Gasteiger charge is 2.49. The fourth-order valence-electron chi connectivity index (χ4n) is 3.39. The van der Waals surface area contributed by atoms with Gasteiger partial charge in [-0.15, -0.1) is 0 Å². The van der Waals surface area contributed by atoms with Gasteiger partial charge in [0.2, 0.25) is 0 Å². The monoisotopic (exact) mass is 438 g/mol. The van der Waals surface area contributed by atoms with E-state index in [2.05, 4.69) is 4.99 Å². The van der Waals surface area contributed by atoms with E-state index in [9.17, 15) is 17.6 Å². The second-order valence-electron chi connectivity index (χ2n) is 6.74. The van der Waals surface area contributed by atoms with E-state index in [1.165, 1.54) is 23.9 Å². The van der Waals surface area contributed by atoms with Crippen LogP contribution in [0.15, 0.2) is 53.5 Å². The molecule has 2 aromatic rings. The number of amides is 1. The Morgan fingerprint density at radius 1 is 1.14 bits per heavy atom. The van der Waals surface area contributed by atoms with Crippen molar-refractivity contribution in [1.29, 1.82) is 0 Å². The van der Waals surface area contributed by atoms with Crippen LogP contribution in [-0.4, -0.2) is 42.3 Å². The number of hydrogen-bond donors (Lipinski definition) is 0. The molecule has 2 aliphatic rings. The average Bonchev–Trinajstić information content (AvgIpc) is 3.09. The number of anilines is 1. The van der Waals surface area contributed by atoms with Crippen molar-refractivity contribution in [3.05, 3.63) is 64.9 Å². The normalized spacial score (nSPS) is 24.5. The molecule has 146 valence electrons. The number of aliphatic imine (C=N–C) groups is 1. The molecule has 2 saturated heterocycles. The van der Waals surface area contributed by atoms with Crippen LogP contribution < -0.4 is 4.90 Å². The summed E-state index contributed by atoms with van der Waals surface area (Å²) in [6, 6.07) is 12.4. The number of nitrogens with zero attached hydrogens (tertiary/aromatic N) is 2. The highest BCUT2D eigenvalue weighted by molar-refractivity contribution is 8.16. The Kier molecular flexibility index (Phi) is 5.20. The maximum Gasteiger partial charge on any atom is 0.252 e. The van der Waals surface area contributed by atoms with Crippen LogP contribution in [-0.2, 0) is 21.1 Å². The van der Waals surface area contributed by atoms with E-state index in [0.29, 0.717) is 15.9 Å². The first-order valence-corrected chi connectivity index (χ1v) is 11.7. The van der Waals surface area contributed by atoms with E-state index in [1.54, 1.807) is 41.3 Å². The van der Waals surface area contributed by atoms with Crippen LogP contribution in [0.1, 0.15) is 5.56 Å². The number of carbonyl (C=O) groups is 1. The van der Waals surface area contributed by atoms with Gasteiger partial charge in [-0.3, -0.25) is 4.79 Å². The predicted molar refractivity (Wildman–Crippen MR) is 110 cm³/mol. The summed E-state index contributed by atoms with van der Waals surface area (Å²) < 4.78 is 37.4.